The average Bonchev–Trinajstić information content (AvgIpc) is 3.01. The van der Waals surface area contributed by atoms with Crippen LogP contribution < -0.4 is 0 Å². The van der Waals surface area contributed by atoms with Crippen molar-refractivity contribution >= 4 is 41.6 Å². The second-order valence-corrected chi connectivity index (χ2v) is 14.7. The molecule has 0 unspecified atom stereocenters. The molecule has 1 heterocycles. The molecule has 0 saturated carbocycles. The molecule has 0 aliphatic heterocycles. The molecule has 8 heteroatoms. The van der Waals surface area contributed by atoms with Gasteiger partial charge in [0.25, 0.3) is 0 Å². The Morgan fingerprint density at radius 1 is 1.07 bits per heavy atom. The number of aromatic nitrogens is 2. The fraction of sp³-hybridized carbons (Fsp3) is 0.350. The third-order valence-electron chi connectivity index (χ3n) is 4.47. The van der Waals surface area contributed by atoms with Crippen LogP contribution >= 0.6 is 22.6 Å². The molecule has 1 aromatic heterocycles. The van der Waals surface area contributed by atoms with Crippen molar-refractivity contribution in [2.75, 3.05) is 6.61 Å². The van der Waals surface area contributed by atoms with Crippen LogP contribution in [0, 0.1) is 3.57 Å². The molecule has 0 aliphatic rings. The Morgan fingerprint density at radius 2 is 1.75 bits per heavy atom. The van der Waals surface area contributed by atoms with E-state index in [2.05, 4.69) is 47.3 Å². The SMILES string of the molecule is C[Si](C)(C)CCOCn1ncc2c(I)cc(-c3ccc(C(F)(F)F)cc3)cc21. The summed E-state index contributed by atoms with van der Waals surface area (Å²) in [7, 11) is -1.15. The van der Waals surface area contributed by atoms with Crippen LogP contribution in [-0.2, 0) is 17.6 Å². The van der Waals surface area contributed by atoms with E-state index in [1.165, 1.54) is 12.1 Å². The highest BCUT2D eigenvalue weighted by molar-refractivity contribution is 14.1. The summed E-state index contributed by atoms with van der Waals surface area (Å²) in [4.78, 5) is 0. The lowest BCUT2D eigenvalue weighted by molar-refractivity contribution is -0.137. The third kappa shape index (κ3) is 5.15. The van der Waals surface area contributed by atoms with Crippen molar-refractivity contribution in [3.05, 3.63) is 51.7 Å². The van der Waals surface area contributed by atoms with Gasteiger partial charge in [0.2, 0.25) is 0 Å². The first-order chi connectivity index (χ1) is 13.0. The number of ether oxygens (including phenoxy) is 1. The van der Waals surface area contributed by atoms with Gasteiger partial charge >= 0.3 is 6.18 Å². The molecule has 0 atom stereocenters. The van der Waals surface area contributed by atoms with Gasteiger partial charge in [-0.1, -0.05) is 31.8 Å². The molecule has 28 heavy (non-hydrogen) atoms. The molecule has 3 aromatic rings. The summed E-state index contributed by atoms with van der Waals surface area (Å²) in [5.74, 6) is 0. The van der Waals surface area contributed by atoms with Gasteiger partial charge in [-0.05, 0) is 64.0 Å². The van der Waals surface area contributed by atoms with Gasteiger partial charge in [0.1, 0.15) is 6.73 Å². The molecular weight excluding hydrogens is 496 g/mol. The molecule has 3 rings (SSSR count). The first kappa shape index (κ1) is 21.3. The van der Waals surface area contributed by atoms with Crippen molar-refractivity contribution < 1.29 is 17.9 Å². The second-order valence-electron chi connectivity index (χ2n) is 7.96. The van der Waals surface area contributed by atoms with E-state index in [0.717, 1.165) is 43.8 Å². The maximum atomic E-state index is 12.8. The zero-order valence-corrected chi connectivity index (χ0v) is 19.1. The van der Waals surface area contributed by atoms with Gasteiger partial charge in [-0.25, -0.2) is 4.68 Å². The Hall–Kier alpha value is -1.39. The number of hydrogen-bond donors (Lipinski definition) is 0. The quantitative estimate of drug-likeness (QED) is 0.208. The zero-order chi connectivity index (χ0) is 20.5. The number of hydrogen-bond acceptors (Lipinski definition) is 2. The van der Waals surface area contributed by atoms with Crippen molar-refractivity contribution in [2.24, 2.45) is 0 Å². The van der Waals surface area contributed by atoms with Crippen molar-refractivity contribution in [2.45, 2.75) is 38.6 Å². The smallest absolute Gasteiger partial charge is 0.360 e. The number of fused-ring (bicyclic) bond motifs is 1. The maximum Gasteiger partial charge on any atom is 0.416 e. The van der Waals surface area contributed by atoms with E-state index in [1.54, 1.807) is 10.9 Å². The van der Waals surface area contributed by atoms with Crippen molar-refractivity contribution in [1.82, 2.24) is 9.78 Å². The van der Waals surface area contributed by atoms with E-state index in [0.29, 0.717) is 13.3 Å². The highest BCUT2D eigenvalue weighted by atomic mass is 127. The van der Waals surface area contributed by atoms with Gasteiger partial charge in [0.15, 0.2) is 0 Å². The Labute approximate surface area is 177 Å². The number of nitrogens with zero attached hydrogens (tertiary/aromatic N) is 2. The van der Waals surface area contributed by atoms with E-state index in [9.17, 15) is 13.2 Å². The predicted octanol–water partition coefficient (Wildman–Crippen LogP) is 6.64. The molecule has 0 radical (unpaired) electrons. The largest absolute Gasteiger partial charge is 0.416 e. The molecule has 3 nitrogen and oxygen atoms in total. The van der Waals surface area contributed by atoms with Crippen LogP contribution in [0.1, 0.15) is 5.56 Å². The van der Waals surface area contributed by atoms with Crippen LogP contribution in [0.15, 0.2) is 42.6 Å². The zero-order valence-electron chi connectivity index (χ0n) is 16.0. The van der Waals surface area contributed by atoms with Crippen LogP contribution in [0.25, 0.3) is 22.0 Å². The Kier molecular flexibility index (Phi) is 6.21. The first-order valence-corrected chi connectivity index (χ1v) is 13.7. The third-order valence-corrected chi connectivity index (χ3v) is 7.06. The molecule has 0 amide bonds. The maximum absolute atomic E-state index is 12.8. The number of benzene rings is 2. The monoisotopic (exact) mass is 518 g/mol. The van der Waals surface area contributed by atoms with Crippen molar-refractivity contribution in [3.8, 4) is 11.1 Å². The average molecular weight is 518 g/mol. The van der Waals surface area contributed by atoms with Crippen LogP contribution in [0.3, 0.4) is 0 Å². The highest BCUT2D eigenvalue weighted by Gasteiger charge is 2.30. The second kappa shape index (κ2) is 8.15. The minimum Gasteiger partial charge on any atom is -0.360 e. The molecule has 0 spiro atoms. The lowest BCUT2D eigenvalue weighted by Crippen LogP contribution is -2.22. The van der Waals surface area contributed by atoms with Gasteiger partial charge in [0, 0.05) is 23.6 Å². The van der Waals surface area contributed by atoms with Crippen LogP contribution in [0.2, 0.25) is 25.7 Å². The van der Waals surface area contributed by atoms with Crippen LogP contribution in [-0.4, -0.2) is 24.5 Å². The highest BCUT2D eigenvalue weighted by Crippen LogP contribution is 2.33. The topological polar surface area (TPSA) is 27.1 Å². The van der Waals surface area contributed by atoms with E-state index in [-0.39, 0.29) is 0 Å². The molecule has 0 saturated heterocycles. The lowest BCUT2D eigenvalue weighted by atomic mass is 10.0. The van der Waals surface area contributed by atoms with Crippen molar-refractivity contribution in [3.63, 3.8) is 0 Å². The summed E-state index contributed by atoms with van der Waals surface area (Å²) in [5.41, 5.74) is 1.86. The Bertz CT molecular complexity index is 962. The lowest BCUT2D eigenvalue weighted by Gasteiger charge is -2.15. The van der Waals surface area contributed by atoms with Gasteiger partial charge in [-0.3, -0.25) is 0 Å². The summed E-state index contributed by atoms with van der Waals surface area (Å²) in [6, 6.07) is 10.2. The summed E-state index contributed by atoms with van der Waals surface area (Å²) in [6.07, 6.45) is -2.53. The Morgan fingerprint density at radius 3 is 2.36 bits per heavy atom. The van der Waals surface area contributed by atoms with Gasteiger partial charge in [-0.15, -0.1) is 0 Å². The van der Waals surface area contributed by atoms with Crippen LogP contribution in [0.4, 0.5) is 13.2 Å². The summed E-state index contributed by atoms with van der Waals surface area (Å²) >= 11 is 2.23. The molecule has 2 aromatic carbocycles. The van der Waals surface area contributed by atoms with Gasteiger partial charge < -0.3 is 4.74 Å². The molecular formula is C20H22F3IN2OSi. The number of halogens is 4. The van der Waals surface area contributed by atoms with Gasteiger partial charge in [-0.2, -0.15) is 18.3 Å². The molecule has 150 valence electrons. The fourth-order valence-corrected chi connectivity index (χ4v) is 4.29. The summed E-state index contributed by atoms with van der Waals surface area (Å²) < 4.78 is 47.0. The van der Waals surface area contributed by atoms with E-state index >= 15 is 0 Å². The standard InChI is InChI=1S/C20H22F3IN2OSi/c1-28(2,3)9-8-27-13-26-19-11-15(10-18(24)17(19)12-25-26)14-4-6-16(7-5-14)20(21,22)23/h4-7,10-12H,8-9,13H2,1-3H3. The van der Waals surface area contributed by atoms with Gasteiger partial charge in [0.05, 0.1) is 17.3 Å². The predicted molar refractivity (Wildman–Crippen MR) is 117 cm³/mol. The van der Waals surface area contributed by atoms with E-state index in [4.69, 9.17) is 4.74 Å². The molecule has 0 fully saturated rings. The number of alkyl halides is 3. The molecule has 0 aliphatic carbocycles. The molecule has 0 N–H and O–H groups in total. The minimum atomic E-state index is -4.33. The van der Waals surface area contributed by atoms with E-state index in [1.807, 2.05) is 12.1 Å². The summed E-state index contributed by atoms with van der Waals surface area (Å²) in [5, 5.41) is 5.43. The summed E-state index contributed by atoms with van der Waals surface area (Å²) in [6.45, 7) is 7.97. The van der Waals surface area contributed by atoms with Crippen molar-refractivity contribution in [1.29, 1.82) is 0 Å². The normalized spacial score (nSPS) is 12.7. The Balaban J connectivity index is 1.85. The minimum absolute atomic E-state index is 0.362. The first-order valence-electron chi connectivity index (χ1n) is 8.95. The van der Waals surface area contributed by atoms with E-state index < -0.39 is 19.8 Å². The fourth-order valence-electron chi connectivity index (χ4n) is 2.78. The number of rotatable bonds is 6. The molecule has 0 bridgehead atoms. The van der Waals surface area contributed by atoms with Crippen LogP contribution in [0.5, 0.6) is 0 Å².